The maximum atomic E-state index is 11.7. The van der Waals surface area contributed by atoms with Crippen LogP contribution in [-0.4, -0.2) is 28.9 Å². The third-order valence-electron chi connectivity index (χ3n) is 3.66. The molecule has 1 heterocycles. The molecule has 4 nitrogen and oxygen atoms in total. The van der Waals surface area contributed by atoms with Crippen molar-refractivity contribution in [3.63, 3.8) is 0 Å². The van der Waals surface area contributed by atoms with Crippen molar-refractivity contribution >= 4 is 11.9 Å². The van der Waals surface area contributed by atoms with E-state index in [1.54, 1.807) is 11.9 Å². The number of carboxylic acids is 1. The second kappa shape index (κ2) is 4.80. The fraction of sp³-hybridized carbons (Fsp3) is 0.429. The standard InChI is InChI=1S/C14H17NO3/c1-3-9-6-4-5-7-10(9)13-11(14(17)18)8-12(16)15(13)2/h4-7,11,13H,3,8H2,1-2H3,(H,17,18). The Morgan fingerprint density at radius 1 is 1.44 bits per heavy atom. The van der Waals surface area contributed by atoms with Crippen molar-refractivity contribution < 1.29 is 14.7 Å². The monoisotopic (exact) mass is 247 g/mol. The van der Waals surface area contributed by atoms with Gasteiger partial charge in [0.2, 0.25) is 5.91 Å². The topological polar surface area (TPSA) is 57.6 Å². The number of nitrogens with zero attached hydrogens (tertiary/aromatic N) is 1. The second-order valence-corrected chi connectivity index (χ2v) is 4.65. The number of amides is 1. The number of hydrogen-bond acceptors (Lipinski definition) is 2. The molecule has 1 fully saturated rings. The van der Waals surface area contributed by atoms with E-state index in [4.69, 9.17) is 0 Å². The Labute approximate surface area is 106 Å². The maximum absolute atomic E-state index is 11.7. The molecule has 0 aliphatic carbocycles. The highest BCUT2D eigenvalue weighted by Gasteiger charge is 2.43. The van der Waals surface area contributed by atoms with Crippen LogP contribution in [0.4, 0.5) is 0 Å². The van der Waals surface area contributed by atoms with E-state index in [0.29, 0.717) is 0 Å². The number of rotatable bonds is 3. The number of benzene rings is 1. The van der Waals surface area contributed by atoms with Crippen LogP contribution in [0.5, 0.6) is 0 Å². The number of carbonyl (C=O) groups excluding carboxylic acids is 1. The number of carbonyl (C=O) groups is 2. The van der Waals surface area contributed by atoms with E-state index in [9.17, 15) is 14.7 Å². The molecule has 0 bridgehead atoms. The quantitative estimate of drug-likeness (QED) is 0.886. The van der Waals surface area contributed by atoms with Gasteiger partial charge in [-0.3, -0.25) is 9.59 Å². The summed E-state index contributed by atoms with van der Waals surface area (Å²) in [7, 11) is 1.68. The number of carboxylic acid groups (broad SMARTS) is 1. The van der Waals surface area contributed by atoms with Gasteiger partial charge in [-0.25, -0.2) is 0 Å². The smallest absolute Gasteiger partial charge is 0.309 e. The molecule has 96 valence electrons. The first kappa shape index (κ1) is 12.6. The predicted molar refractivity (Wildman–Crippen MR) is 67.1 cm³/mol. The van der Waals surface area contributed by atoms with Crippen LogP contribution >= 0.6 is 0 Å². The third kappa shape index (κ3) is 1.98. The van der Waals surface area contributed by atoms with E-state index in [-0.39, 0.29) is 18.4 Å². The van der Waals surface area contributed by atoms with E-state index in [2.05, 4.69) is 0 Å². The normalized spacial score (nSPS) is 23.4. The Bertz CT molecular complexity index is 484. The van der Waals surface area contributed by atoms with Crippen LogP contribution in [0.1, 0.15) is 30.5 Å². The minimum Gasteiger partial charge on any atom is -0.481 e. The maximum Gasteiger partial charge on any atom is 0.309 e. The zero-order chi connectivity index (χ0) is 13.3. The molecule has 1 aromatic rings. The molecule has 4 heteroatoms. The van der Waals surface area contributed by atoms with Gasteiger partial charge in [0.05, 0.1) is 12.0 Å². The molecule has 1 aromatic carbocycles. The summed E-state index contributed by atoms with van der Waals surface area (Å²) in [6.07, 6.45) is 0.926. The van der Waals surface area contributed by atoms with Crippen molar-refractivity contribution in [3.05, 3.63) is 35.4 Å². The van der Waals surface area contributed by atoms with Gasteiger partial charge < -0.3 is 10.0 Å². The summed E-state index contributed by atoms with van der Waals surface area (Å²) in [4.78, 5) is 24.6. The van der Waals surface area contributed by atoms with Gasteiger partial charge in [-0.05, 0) is 17.5 Å². The van der Waals surface area contributed by atoms with Crippen molar-refractivity contribution in [3.8, 4) is 0 Å². The van der Waals surface area contributed by atoms with Crippen LogP contribution in [0.15, 0.2) is 24.3 Å². The lowest BCUT2D eigenvalue weighted by molar-refractivity contribution is -0.142. The molecule has 0 saturated carbocycles. The summed E-state index contributed by atoms with van der Waals surface area (Å²) in [5.41, 5.74) is 2.07. The van der Waals surface area contributed by atoms with E-state index >= 15 is 0 Å². The van der Waals surface area contributed by atoms with Gasteiger partial charge in [-0.2, -0.15) is 0 Å². The number of aryl methyl sites for hydroxylation is 1. The summed E-state index contributed by atoms with van der Waals surface area (Å²) in [6.45, 7) is 2.03. The summed E-state index contributed by atoms with van der Waals surface area (Å²) in [5, 5.41) is 9.27. The van der Waals surface area contributed by atoms with Crippen LogP contribution in [-0.2, 0) is 16.0 Å². The Hall–Kier alpha value is -1.84. The van der Waals surface area contributed by atoms with Crippen LogP contribution in [0, 0.1) is 5.92 Å². The van der Waals surface area contributed by atoms with Crippen LogP contribution in [0.25, 0.3) is 0 Å². The van der Waals surface area contributed by atoms with Gasteiger partial charge in [-0.1, -0.05) is 31.2 Å². The molecule has 2 atom stereocenters. The van der Waals surface area contributed by atoms with Gasteiger partial charge in [-0.15, -0.1) is 0 Å². The number of likely N-dealkylation sites (tertiary alicyclic amines) is 1. The molecule has 2 unspecified atom stereocenters. The number of aliphatic carboxylic acids is 1. The molecule has 1 aliphatic heterocycles. The molecule has 1 aliphatic rings. The molecule has 0 aromatic heterocycles. The molecular formula is C14H17NO3. The van der Waals surface area contributed by atoms with E-state index in [1.807, 2.05) is 31.2 Å². The zero-order valence-corrected chi connectivity index (χ0v) is 10.6. The lowest BCUT2D eigenvalue weighted by Gasteiger charge is -2.25. The van der Waals surface area contributed by atoms with Crippen LogP contribution in [0.3, 0.4) is 0 Å². The SMILES string of the molecule is CCc1ccccc1C1C(C(=O)O)CC(=O)N1C. The first-order chi connectivity index (χ1) is 8.56. The van der Waals surface area contributed by atoms with Crippen molar-refractivity contribution in [1.82, 2.24) is 4.90 Å². The lowest BCUT2D eigenvalue weighted by atomic mass is 9.90. The molecule has 1 N–H and O–H groups in total. The first-order valence-electron chi connectivity index (χ1n) is 6.12. The lowest BCUT2D eigenvalue weighted by Crippen LogP contribution is -2.27. The molecule has 2 rings (SSSR count). The van der Waals surface area contributed by atoms with E-state index in [0.717, 1.165) is 17.5 Å². The Morgan fingerprint density at radius 2 is 2.11 bits per heavy atom. The fourth-order valence-corrected chi connectivity index (χ4v) is 2.66. The Morgan fingerprint density at radius 3 is 2.72 bits per heavy atom. The molecule has 18 heavy (non-hydrogen) atoms. The Balaban J connectivity index is 2.46. The number of hydrogen-bond donors (Lipinski definition) is 1. The zero-order valence-electron chi connectivity index (χ0n) is 10.6. The van der Waals surface area contributed by atoms with Crippen molar-refractivity contribution in [2.45, 2.75) is 25.8 Å². The molecule has 0 spiro atoms. The largest absolute Gasteiger partial charge is 0.481 e. The molecule has 1 amide bonds. The van der Waals surface area contributed by atoms with Crippen molar-refractivity contribution in [1.29, 1.82) is 0 Å². The Kier molecular flexibility index (Phi) is 3.36. The molecule has 0 radical (unpaired) electrons. The van der Waals surface area contributed by atoms with E-state index in [1.165, 1.54) is 0 Å². The van der Waals surface area contributed by atoms with Gasteiger partial charge in [0, 0.05) is 13.5 Å². The first-order valence-corrected chi connectivity index (χ1v) is 6.12. The van der Waals surface area contributed by atoms with Gasteiger partial charge in [0.25, 0.3) is 0 Å². The summed E-state index contributed by atoms with van der Waals surface area (Å²) in [5.74, 6) is -1.64. The van der Waals surface area contributed by atoms with Gasteiger partial charge in [0.1, 0.15) is 0 Å². The summed E-state index contributed by atoms with van der Waals surface area (Å²) in [6, 6.07) is 7.41. The average Bonchev–Trinajstić information content (AvgIpc) is 2.66. The minimum atomic E-state index is -0.899. The van der Waals surface area contributed by atoms with Gasteiger partial charge >= 0.3 is 5.97 Å². The van der Waals surface area contributed by atoms with Gasteiger partial charge in [0.15, 0.2) is 0 Å². The highest BCUT2D eigenvalue weighted by molar-refractivity contribution is 5.87. The van der Waals surface area contributed by atoms with Crippen LogP contribution in [0.2, 0.25) is 0 Å². The molecular weight excluding hydrogens is 230 g/mol. The van der Waals surface area contributed by atoms with Crippen molar-refractivity contribution in [2.75, 3.05) is 7.05 Å². The van der Waals surface area contributed by atoms with E-state index < -0.39 is 11.9 Å². The minimum absolute atomic E-state index is 0.0918. The highest BCUT2D eigenvalue weighted by Crippen LogP contribution is 2.38. The average molecular weight is 247 g/mol. The highest BCUT2D eigenvalue weighted by atomic mass is 16.4. The molecule has 1 saturated heterocycles. The summed E-state index contributed by atoms with van der Waals surface area (Å²) >= 11 is 0. The predicted octanol–water partition coefficient (Wildman–Crippen LogP) is 1.85. The third-order valence-corrected chi connectivity index (χ3v) is 3.66. The second-order valence-electron chi connectivity index (χ2n) is 4.65. The van der Waals surface area contributed by atoms with Crippen molar-refractivity contribution in [2.24, 2.45) is 5.92 Å². The fourth-order valence-electron chi connectivity index (χ4n) is 2.66. The summed E-state index contributed by atoms with van der Waals surface area (Å²) < 4.78 is 0. The van der Waals surface area contributed by atoms with Crippen LogP contribution < -0.4 is 0 Å².